The Morgan fingerprint density at radius 1 is 1.20 bits per heavy atom. The zero-order valence-corrected chi connectivity index (χ0v) is 11.4. The highest BCUT2D eigenvalue weighted by molar-refractivity contribution is 6.04. The van der Waals surface area contributed by atoms with E-state index in [0.29, 0.717) is 16.8 Å². The van der Waals surface area contributed by atoms with Gasteiger partial charge in [0.25, 0.3) is 5.91 Å². The molecule has 0 aliphatic carbocycles. The highest BCUT2D eigenvalue weighted by atomic mass is 16.3. The Kier molecular flexibility index (Phi) is 4.05. The summed E-state index contributed by atoms with van der Waals surface area (Å²) >= 11 is 0. The fourth-order valence-corrected chi connectivity index (χ4v) is 1.88. The van der Waals surface area contributed by atoms with Crippen molar-refractivity contribution in [3.63, 3.8) is 0 Å². The molecule has 0 aliphatic heterocycles. The molecule has 2 aromatic rings. The van der Waals surface area contributed by atoms with E-state index in [1.807, 2.05) is 0 Å². The number of hydrogen-bond donors (Lipinski definition) is 3. The van der Waals surface area contributed by atoms with Crippen molar-refractivity contribution in [1.82, 2.24) is 0 Å². The Bertz CT molecular complexity index is 635. The number of anilines is 1. The van der Waals surface area contributed by atoms with Crippen molar-refractivity contribution in [2.24, 2.45) is 0 Å². The Labute approximate surface area is 117 Å². The molecule has 104 valence electrons. The molecule has 0 aromatic heterocycles. The van der Waals surface area contributed by atoms with Crippen LogP contribution in [0.4, 0.5) is 5.69 Å². The van der Waals surface area contributed by atoms with Gasteiger partial charge in [-0.15, -0.1) is 0 Å². The van der Waals surface area contributed by atoms with Crippen LogP contribution in [0.25, 0.3) is 0 Å². The molecule has 1 unspecified atom stereocenters. The number of aliphatic hydroxyl groups excluding tert-OH is 1. The van der Waals surface area contributed by atoms with Crippen LogP contribution in [0.5, 0.6) is 5.75 Å². The predicted molar refractivity (Wildman–Crippen MR) is 77.9 cm³/mol. The largest absolute Gasteiger partial charge is 0.508 e. The van der Waals surface area contributed by atoms with Crippen LogP contribution in [0.1, 0.15) is 34.5 Å². The van der Waals surface area contributed by atoms with E-state index in [1.54, 1.807) is 50.2 Å². The molecule has 0 saturated heterocycles. The second kappa shape index (κ2) is 5.75. The Balaban J connectivity index is 2.19. The summed E-state index contributed by atoms with van der Waals surface area (Å²) in [5, 5.41) is 21.7. The lowest BCUT2D eigenvalue weighted by atomic mass is 10.1. The number of benzene rings is 2. The molecule has 0 spiro atoms. The first-order valence-corrected chi connectivity index (χ1v) is 6.36. The van der Waals surface area contributed by atoms with E-state index in [4.69, 9.17) is 0 Å². The zero-order chi connectivity index (χ0) is 14.7. The van der Waals surface area contributed by atoms with Gasteiger partial charge < -0.3 is 15.5 Å². The molecule has 2 rings (SSSR count). The number of amides is 1. The molecule has 0 fully saturated rings. The van der Waals surface area contributed by atoms with Crippen LogP contribution >= 0.6 is 0 Å². The van der Waals surface area contributed by atoms with Crippen LogP contribution in [0, 0.1) is 6.92 Å². The molecule has 0 radical (unpaired) electrons. The number of hydrogen-bond acceptors (Lipinski definition) is 3. The topological polar surface area (TPSA) is 69.6 Å². The highest BCUT2D eigenvalue weighted by Crippen LogP contribution is 2.20. The molecule has 20 heavy (non-hydrogen) atoms. The summed E-state index contributed by atoms with van der Waals surface area (Å²) in [6, 6.07) is 11.8. The van der Waals surface area contributed by atoms with E-state index in [1.165, 1.54) is 6.07 Å². The van der Waals surface area contributed by atoms with E-state index in [0.717, 1.165) is 5.56 Å². The summed E-state index contributed by atoms with van der Waals surface area (Å²) < 4.78 is 0. The van der Waals surface area contributed by atoms with Gasteiger partial charge in [-0.1, -0.05) is 12.1 Å². The quantitative estimate of drug-likeness (QED) is 0.803. The first kappa shape index (κ1) is 14.1. The van der Waals surface area contributed by atoms with Gasteiger partial charge in [0, 0.05) is 11.3 Å². The van der Waals surface area contributed by atoms with Crippen molar-refractivity contribution in [2.75, 3.05) is 5.32 Å². The van der Waals surface area contributed by atoms with Crippen LogP contribution in [0.2, 0.25) is 0 Å². The van der Waals surface area contributed by atoms with Gasteiger partial charge in [-0.3, -0.25) is 4.79 Å². The summed E-state index contributed by atoms with van der Waals surface area (Å²) in [5.74, 6) is -0.0894. The molecule has 4 nitrogen and oxygen atoms in total. The SMILES string of the molecule is Cc1cc(C(=O)Nc2cccc(C(C)O)c2)ccc1O. The number of aromatic hydroxyl groups is 1. The number of aliphatic hydroxyl groups is 1. The lowest BCUT2D eigenvalue weighted by Crippen LogP contribution is -2.12. The lowest BCUT2D eigenvalue weighted by Gasteiger charge is -2.09. The number of rotatable bonds is 3. The summed E-state index contributed by atoms with van der Waals surface area (Å²) in [5.41, 5.74) is 2.49. The number of phenolic OH excluding ortho intramolecular Hbond substituents is 1. The standard InChI is InChI=1S/C16H17NO3/c1-10-8-13(6-7-15(10)19)16(20)17-14-5-3-4-12(9-14)11(2)18/h3-9,11,18-19H,1-2H3,(H,17,20). The van der Waals surface area contributed by atoms with Crippen LogP contribution in [0.3, 0.4) is 0 Å². The van der Waals surface area contributed by atoms with Gasteiger partial charge in [0.05, 0.1) is 6.10 Å². The van der Waals surface area contributed by atoms with Crippen LogP contribution in [0.15, 0.2) is 42.5 Å². The highest BCUT2D eigenvalue weighted by Gasteiger charge is 2.09. The molecular weight excluding hydrogens is 254 g/mol. The van der Waals surface area contributed by atoms with E-state index in [9.17, 15) is 15.0 Å². The zero-order valence-electron chi connectivity index (χ0n) is 11.4. The van der Waals surface area contributed by atoms with Gasteiger partial charge in [-0.05, 0) is 55.3 Å². The third kappa shape index (κ3) is 3.16. The minimum atomic E-state index is -0.581. The van der Waals surface area contributed by atoms with Crippen LogP contribution in [-0.4, -0.2) is 16.1 Å². The fourth-order valence-electron chi connectivity index (χ4n) is 1.88. The molecule has 0 aliphatic rings. The molecule has 1 amide bonds. The van der Waals surface area contributed by atoms with Gasteiger partial charge in [0.15, 0.2) is 0 Å². The number of carbonyl (C=O) groups excluding carboxylic acids is 1. The Hall–Kier alpha value is -2.33. The molecule has 0 bridgehead atoms. The first-order valence-electron chi connectivity index (χ1n) is 6.36. The fraction of sp³-hybridized carbons (Fsp3) is 0.188. The summed E-state index contributed by atoms with van der Waals surface area (Å²) in [4.78, 5) is 12.1. The van der Waals surface area contributed by atoms with E-state index in [-0.39, 0.29) is 11.7 Å². The third-order valence-electron chi connectivity index (χ3n) is 3.09. The monoisotopic (exact) mass is 271 g/mol. The van der Waals surface area contributed by atoms with E-state index >= 15 is 0 Å². The van der Waals surface area contributed by atoms with Gasteiger partial charge in [0.2, 0.25) is 0 Å². The van der Waals surface area contributed by atoms with Gasteiger partial charge in [0.1, 0.15) is 5.75 Å². The van der Waals surface area contributed by atoms with Crippen LogP contribution < -0.4 is 5.32 Å². The van der Waals surface area contributed by atoms with Crippen LogP contribution in [-0.2, 0) is 0 Å². The first-order chi connectivity index (χ1) is 9.47. The van der Waals surface area contributed by atoms with Gasteiger partial charge >= 0.3 is 0 Å². The Morgan fingerprint density at radius 2 is 1.95 bits per heavy atom. The summed E-state index contributed by atoms with van der Waals surface area (Å²) in [7, 11) is 0. The van der Waals surface area contributed by atoms with Crippen molar-refractivity contribution in [3.05, 3.63) is 59.2 Å². The molecule has 1 atom stereocenters. The number of carbonyl (C=O) groups is 1. The van der Waals surface area contributed by atoms with Crippen molar-refractivity contribution in [2.45, 2.75) is 20.0 Å². The molecular formula is C16H17NO3. The van der Waals surface area contributed by atoms with Crippen molar-refractivity contribution in [3.8, 4) is 5.75 Å². The average molecular weight is 271 g/mol. The molecule has 2 aromatic carbocycles. The second-order valence-electron chi connectivity index (χ2n) is 4.76. The number of aryl methyl sites for hydroxylation is 1. The molecule has 4 heteroatoms. The minimum absolute atomic E-state index is 0.164. The maximum Gasteiger partial charge on any atom is 0.255 e. The molecule has 0 saturated carbocycles. The maximum absolute atomic E-state index is 12.1. The van der Waals surface area contributed by atoms with Gasteiger partial charge in [-0.25, -0.2) is 0 Å². The van der Waals surface area contributed by atoms with E-state index in [2.05, 4.69) is 5.32 Å². The van der Waals surface area contributed by atoms with Crippen molar-refractivity contribution >= 4 is 11.6 Å². The predicted octanol–water partition coefficient (Wildman–Crippen LogP) is 3.01. The summed E-state index contributed by atoms with van der Waals surface area (Å²) in [6.07, 6.45) is -0.581. The normalized spacial score (nSPS) is 11.9. The number of phenols is 1. The third-order valence-corrected chi connectivity index (χ3v) is 3.09. The van der Waals surface area contributed by atoms with E-state index < -0.39 is 6.10 Å². The molecule has 0 heterocycles. The maximum atomic E-state index is 12.1. The number of nitrogens with one attached hydrogen (secondary N) is 1. The lowest BCUT2D eigenvalue weighted by molar-refractivity contribution is 0.102. The van der Waals surface area contributed by atoms with Crippen molar-refractivity contribution in [1.29, 1.82) is 0 Å². The molecule has 3 N–H and O–H groups in total. The van der Waals surface area contributed by atoms with Gasteiger partial charge in [-0.2, -0.15) is 0 Å². The second-order valence-corrected chi connectivity index (χ2v) is 4.76. The smallest absolute Gasteiger partial charge is 0.255 e. The minimum Gasteiger partial charge on any atom is -0.508 e. The Morgan fingerprint density at radius 3 is 2.60 bits per heavy atom. The summed E-state index contributed by atoms with van der Waals surface area (Å²) in [6.45, 7) is 3.41. The van der Waals surface area contributed by atoms with Crippen molar-refractivity contribution < 1.29 is 15.0 Å². The average Bonchev–Trinajstić information content (AvgIpc) is 2.42.